The number of aliphatic hydroxyl groups excluding tert-OH is 2. The van der Waals surface area contributed by atoms with E-state index in [2.05, 4.69) is 0 Å². The number of carbonyl (C=O) groups is 2. The lowest BCUT2D eigenvalue weighted by atomic mass is 10.1. The zero-order valence-electron chi connectivity index (χ0n) is 11.2. The van der Waals surface area contributed by atoms with Gasteiger partial charge < -0.3 is 10.2 Å². The van der Waals surface area contributed by atoms with E-state index in [1.165, 1.54) is 0 Å². The van der Waals surface area contributed by atoms with E-state index in [0.29, 0.717) is 16.1 Å². The molecule has 2 N–H and O–H groups in total. The van der Waals surface area contributed by atoms with E-state index in [0.717, 1.165) is 0 Å². The third-order valence-electron chi connectivity index (χ3n) is 2.55. The summed E-state index contributed by atoms with van der Waals surface area (Å²) in [6.07, 6.45) is 0. The highest BCUT2D eigenvalue weighted by Gasteiger charge is 2.01. The number of carbonyl (C=O) groups excluding carboxylic acids is 2. The lowest BCUT2D eigenvalue weighted by Crippen LogP contribution is -2.03. The average Bonchev–Trinajstić information content (AvgIpc) is 2.55. The van der Waals surface area contributed by atoms with Crippen LogP contribution in [0.5, 0.6) is 0 Å². The van der Waals surface area contributed by atoms with Crippen LogP contribution in [0, 0.1) is 0 Å². The van der Waals surface area contributed by atoms with Gasteiger partial charge in [0.15, 0.2) is 11.6 Å². The van der Waals surface area contributed by atoms with Gasteiger partial charge in [-0.05, 0) is 24.3 Å². The van der Waals surface area contributed by atoms with Gasteiger partial charge in [-0.2, -0.15) is 0 Å². The summed E-state index contributed by atoms with van der Waals surface area (Å²) in [6, 6.07) is 15.1. The molecule has 0 unspecified atom stereocenters. The first-order valence-electron chi connectivity index (χ1n) is 6.17. The fourth-order valence-corrected chi connectivity index (χ4v) is 1.57. The zero-order valence-corrected chi connectivity index (χ0v) is 12.0. The van der Waals surface area contributed by atoms with Crippen molar-refractivity contribution in [3.63, 3.8) is 0 Å². The largest absolute Gasteiger partial charge is 0.388 e. The Labute approximate surface area is 127 Å². The summed E-state index contributed by atoms with van der Waals surface area (Å²) >= 11 is 5.59. The highest BCUT2D eigenvalue weighted by atomic mass is 35.5. The van der Waals surface area contributed by atoms with Crippen molar-refractivity contribution in [3.8, 4) is 0 Å². The van der Waals surface area contributed by atoms with Crippen LogP contribution in [0.15, 0.2) is 54.6 Å². The Balaban J connectivity index is 0.000000211. The van der Waals surface area contributed by atoms with Crippen molar-refractivity contribution in [3.05, 3.63) is 70.7 Å². The minimum atomic E-state index is -0.457. The Bertz CT molecular complexity index is 579. The molecule has 2 aromatic carbocycles. The number of Topliss-reactive ketones (excluding diaryl/α,β-unsaturated/α-hetero) is 2. The number of benzene rings is 2. The van der Waals surface area contributed by atoms with Crippen LogP contribution in [0.25, 0.3) is 0 Å². The Hall–Kier alpha value is -2.01. The van der Waals surface area contributed by atoms with E-state index < -0.39 is 13.2 Å². The van der Waals surface area contributed by atoms with Crippen molar-refractivity contribution < 1.29 is 19.8 Å². The first-order valence-corrected chi connectivity index (χ1v) is 6.55. The topological polar surface area (TPSA) is 74.6 Å². The molecule has 0 radical (unpaired) electrons. The van der Waals surface area contributed by atoms with E-state index in [9.17, 15) is 9.59 Å². The smallest absolute Gasteiger partial charge is 0.188 e. The predicted molar refractivity (Wildman–Crippen MR) is 80.7 cm³/mol. The van der Waals surface area contributed by atoms with E-state index in [1.807, 2.05) is 6.07 Å². The molecule has 5 heteroatoms. The Morgan fingerprint density at radius 3 is 1.62 bits per heavy atom. The Morgan fingerprint density at radius 1 is 0.762 bits per heavy atom. The van der Waals surface area contributed by atoms with Crippen molar-refractivity contribution >= 4 is 23.2 Å². The third kappa shape index (κ3) is 5.87. The maximum Gasteiger partial charge on any atom is 0.188 e. The zero-order chi connectivity index (χ0) is 15.7. The number of hydrogen-bond donors (Lipinski definition) is 2. The molecule has 0 atom stereocenters. The van der Waals surface area contributed by atoms with Crippen LogP contribution in [0.4, 0.5) is 0 Å². The minimum Gasteiger partial charge on any atom is -0.388 e. The fourth-order valence-electron chi connectivity index (χ4n) is 1.44. The normalized spacial score (nSPS) is 9.48. The van der Waals surface area contributed by atoms with Gasteiger partial charge in [0.25, 0.3) is 0 Å². The van der Waals surface area contributed by atoms with Crippen LogP contribution in [-0.4, -0.2) is 35.0 Å². The maximum absolute atomic E-state index is 10.8. The van der Waals surface area contributed by atoms with Gasteiger partial charge in [0.1, 0.15) is 13.2 Å². The average molecular weight is 307 g/mol. The highest BCUT2D eigenvalue weighted by molar-refractivity contribution is 6.30. The number of rotatable bonds is 4. The monoisotopic (exact) mass is 306 g/mol. The first kappa shape index (κ1) is 17.0. The molecule has 0 fully saturated rings. The molecule has 4 nitrogen and oxygen atoms in total. The van der Waals surface area contributed by atoms with Gasteiger partial charge in [0.2, 0.25) is 0 Å². The molecule has 0 aliphatic carbocycles. The summed E-state index contributed by atoms with van der Waals surface area (Å²) in [5.74, 6) is -0.526. The van der Waals surface area contributed by atoms with E-state index in [-0.39, 0.29) is 11.6 Å². The molecule has 0 aromatic heterocycles. The van der Waals surface area contributed by atoms with Crippen LogP contribution in [0.3, 0.4) is 0 Å². The summed E-state index contributed by atoms with van der Waals surface area (Å²) in [6.45, 7) is -0.869. The standard InChI is InChI=1S/C8H7ClO2.C8H8O2/c9-7-3-1-6(2-4-7)8(11)5-10;9-6-8(10)7-4-2-1-3-5-7/h1-4,10H,5H2;1-5,9H,6H2. The van der Waals surface area contributed by atoms with Crippen LogP contribution in [0.2, 0.25) is 5.02 Å². The molecule has 0 heterocycles. The van der Waals surface area contributed by atoms with E-state index in [1.54, 1.807) is 48.5 Å². The molecule has 2 rings (SSSR count). The predicted octanol–water partition coefficient (Wildman–Crippen LogP) is 2.38. The lowest BCUT2D eigenvalue weighted by molar-refractivity contribution is 0.0898. The first-order chi connectivity index (χ1) is 10.1. The summed E-state index contributed by atoms with van der Waals surface area (Å²) < 4.78 is 0. The van der Waals surface area contributed by atoms with Crippen molar-refractivity contribution in [1.29, 1.82) is 0 Å². The second kappa shape index (κ2) is 9.02. The summed E-state index contributed by atoms with van der Waals surface area (Å²) in [5.41, 5.74) is 1.04. The van der Waals surface area contributed by atoms with Gasteiger partial charge in [0, 0.05) is 16.1 Å². The second-order valence-corrected chi connectivity index (χ2v) is 4.47. The molecule has 110 valence electrons. The molecule has 21 heavy (non-hydrogen) atoms. The SMILES string of the molecule is O=C(CO)c1ccc(Cl)cc1.O=C(CO)c1ccccc1. The van der Waals surface area contributed by atoms with Gasteiger partial charge in [-0.15, -0.1) is 0 Å². The molecule has 0 amide bonds. The van der Waals surface area contributed by atoms with Crippen LogP contribution >= 0.6 is 11.6 Å². The third-order valence-corrected chi connectivity index (χ3v) is 2.80. The van der Waals surface area contributed by atoms with E-state index in [4.69, 9.17) is 21.8 Å². The molecule has 0 saturated heterocycles. The number of hydrogen-bond acceptors (Lipinski definition) is 4. The molecule has 0 spiro atoms. The summed E-state index contributed by atoms with van der Waals surface area (Å²) in [4.78, 5) is 21.6. The second-order valence-electron chi connectivity index (χ2n) is 4.04. The lowest BCUT2D eigenvalue weighted by Gasteiger charge is -1.95. The van der Waals surface area contributed by atoms with Crippen LogP contribution in [0.1, 0.15) is 20.7 Å². The molecular weight excluding hydrogens is 292 g/mol. The molecule has 0 aliphatic heterocycles. The quantitative estimate of drug-likeness (QED) is 0.851. The maximum atomic E-state index is 10.8. The van der Waals surface area contributed by atoms with Crippen molar-refractivity contribution in [1.82, 2.24) is 0 Å². The molecular formula is C16H15ClO4. The number of aliphatic hydroxyl groups is 2. The molecule has 0 saturated carbocycles. The van der Waals surface area contributed by atoms with Gasteiger partial charge in [-0.1, -0.05) is 41.9 Å². The van der Waals surface area contributed by atoms with Crippen LogP contribution < -0.4 is 0 Å². The molecule has 0 bridgehead atoms. The Morgan fingerprint density at radius 2 is 1.19 bits per heavy atom. The van der Waals surface area contributed by atoms with Gasteiger partial charge in [0.05, 0.1) is 0 Å². The van der Waals surface area contributed by atoms with Crippen LogP contribution in [-0.2, 0) is 0 Å². The van der Waals surface area contributed by atoms with Gasteiger partial charge >= 0.3 is 0 Å². The van der Waals surface area contributed by atoms with Gasteiger partial charge in [-0.25, -0.2) is 0 Å². The number of ketones is 2. The minimum absolute atomic E-state index is 0.236. The van der Waals surface area contributed by atoms with Crippen molar-refractivity contribution in [2.45, 2.75) is 0 Å². The Kier molecular flexibility index (Phi) is 7.32. The highest BCUT2D eigenvalue weighted by Crippen LogP contribution is 2.09. The van der Waals surface area contributed by atoms with Crippen molar-refractivity contribution in [2.24, 2.45) is 0 Å². The fraction of sp³-hybridized carbons (Fsp3) is 0.125. The van der Waals surface area contributed by atoms with Gasteiger partial charge in [-0.3, -0.25) is 9.59 Å². The summed E-state index contributed by atoms with van der Waals surface area (Å²) in [7, 11) is 0. The molecule has 2 aromatic rings. The molecule has 0 aliphatic rings. The summed E-state index contributed by atoms with van der Waals surface area (Å²) in [5, 5.41) is 17.5. The van der Waals surface area contributed by atoms with E-state index >= 15 is 0 Å². The van der Waals surface area contributed by atoms with Crippen molar-refractivity contribution in [2.75, 3.05) is 13.2 Å². The number of halogens is 1.